The number of benzene rings is 1. The Bertz CT molecular complexity index is 856. The SMILES string of the molecule is O=C(NCC1CN(c2cccs2)C(=O)O1)C1CC(=O)N(Cc2ccccc2)C1. The van der Waals surface area contributed by atoms with Gasteiger partial charge in [-0.05, 0) is 23.1 Å². The van der Waals surface area contributed by atoms with Gasteiger partial charge in [-0.3, -0.25) is 14.5 Å². The minimum atomic E-state index is -0.397. The standard InChI is InChI=1S/C20H21N3O4S/c24-17-9-15(12-22(17)11-14-5-2-1-3-6-14)19(25)21-10-16-13-23(20(26)27-16)18-7-4-8-28-18/h1-8,15-16H,9-13H2,(H,21,25). The van der Waals surface area contributed by atoms with Crippen molar-refractivity contribution in [3.63, 3.8) is 0 Å². The second kappa shape index (κ2) is 8.02. The Morgan fingerprint density at radius 2 is 1.96 bits per heavy atom. The van der Waals surface area contributed by atoms with Gasteiger partial charge in [-0.1, -0.05) is 30.3 Å². The fraction of sp³-hybridized carbons (Fsp3) is 0.350. The van der Waals surface area contributed by atoms with E-state index < -0.39 is 12.2 Å². The molecule has 3 amide bonds. The third kappa shape index (κ3) is 4.01. The third-order valence-corrected chi connectivity index (χ3v) is 5.84. The number of carbonyl (C=O) groups excluding carboxylic acids is 3. The zero-order chi connectivity index (χ0) is 19.5. The number of thiophene rings is 1. The predicted molar refractivity (Wildman–Crippen MR) is 105 cm³/mol. The smallest absolute Gasteiger partial charge is 0.415 e. The van der Waals surface area contributed by atoms with Crippen LogP contribution >= 0.6 is 11.3 Å². The molecule has 0 bridgehead atoms. The van der Waals surface area contributed by atoms with E-state index in [0.717, 1.165) is 10.6 Å². The average Bonchev–Trinajstić information content (AvgIpc) is 3.42. The molecule has 2 saturated heterocycles. The molecule has 3 heterocycles. The van der Waals surface area contributed by atoms with Crippen LogP contribution in [0.25, 0.3) is 0 Å². The summed E-state index contributed by atoms with van der Waals surface area (Å²) < 4.78 is 5.33. The minimum Gasteiger partial charge on any atom is -0.442 e. The van der Waals surface area contributed by atoms with Gasteiger partial charge in [0.1, 0.15) is 11.1 Å². The van der Waals surface area contributed by atoms with Crippen molar-refractivity contribution in [2.45, 2.75) is 19.1 Å². The van der Waals surface area contributed by atoms with E-state index in [1.807, 2.05) is 47.8 Å². The van der Waals surface area contributed by atoms with E-state index in [-0.39, 0.29) is 30.7 Å². The first-order valence-electron chi connectivity index (χ1n) is 9.21. The second-order valence-corrected chi connectivity index (χ2v) is 7.90. The molecule has 0 aliphatic carbocycles. The number of hydrogen-bond acceptors (Lipinski definition) is 5. The Morgan fingerprint density at radius 3 is 2.71 bits per heavy atom. The van der Waals surface area contributed by atoms with Gasteiger partial charge in [0.25, 0.3) is 0 Å². The van der Waals surface area contributed by atoms with Crippen molar-refractivity contribution >= 4 is 34.2 Å². The predicted octanol–water partition coefficient (Wildman–Crippen LogP) is 2.24. The molecule has 2 atom stereocenters. The van der Waals surface area contributed by atoms with Crippen molar-refractivity contribution < 1.29 is 19.1 Å². The molecule has 0 radical (unpaired) electrons. The van der Waals surface area contributed by atoms with E-state index in [9.17, 15) is 14.4 Å². The summed E-state index contributed by atoms with van der Waals surface area (Å²) in [6.45, 7) is 1.57. The lowest BCUT2D eigenvalue weighted by Gasteiger charge is -2.17. The lowest BCUT2D eigenvalue weighted by molar-refractivity contribution is -0.129. The maximum absolute atomic E-state index is 12.5. The van der Waals surface area contributed by atoms with Gasteiger partial charge in [-0.15, -0.1) is 11.3 Å². The van der Waals surface area contributed by atoms with Crippen LogP contribution in [0.3, 0.4) is 0 Å². The number of anilines is 1. The van der Waals surface area contributed by atoms with Gasteiger partial charge in [0.2, 0.25) is 11.8 Å². The fourth-order valence-corrected chi connectivity index (χ4v) is 4.22. The summed E-state index contributed by atoms with van der Waals surface area (Å²) in [6.07, 6.45) is -0.576. The van der Waals surface area contributed by atoms with Crippen molar-refractivity contribution in [3.8, 4) is 0 Å². The fourth-order valence-electron chi connectivity index (χ4n) is 3.49. The van der Waals surface area contributed by atoms with Crippen LogP contribution in [0.1, 0.15) is 12.0 Å². The Hall–Kier alpha value is -2.87. The highest BCUT2D eigenvalue weighted by molar-refractivity contribution is 7.14. The van der Waals surface area contributed by atoms with Gasteiger partial charge >= 0.3 is 6.09 Å². The molecule has 2 fully saturated rings. The van der Waals surface area contributed by atoms with Crippen LogP contribution in [0, 0.1) is 5.92 Å². The Balaban J connectivity index is 1.26. The van der Waals surface area contributed by atoms with Crippen LogP contribution < -0.4 is 10.2 Å². The molecule has 1 aromatic heterocycles. The van der Waals surface area contributed by atoms with E-state index in [1.165, 1.54) is 11.3 Å². The highest BCUT2D eigenvalue weighted by atomic mass is 32.1. The van der Waals surface area contributed by atoms with Gasteiger partial charge in [-0.2, -0.15) is 0 Å². The topological polar surface area (TPSA) is 79.0 Å². The molecule has 2 aromatic rings. The van der Waals surface area contributed by atoms with Crippen molar-refractivity contribution in [2.24, 2.45) is 5.92 Å². The molecular formula is C20H21N3O4S. The Labute approximate surface area is 166 Å². The Kier molecular flexibility index (Phi) is 5.29. The van der Waals surface area contributed by atoms with E-state index >= 15 is 0 Å². The van der Waals surface area contributed by atoms with Gasteiger partial charge in [0, 0.05) is 19.5 Å². The van der Waals surface area contributed by atoms with Crippen LogP contribution in [0.2, 0.25) is 0 Å². The highest BCUT2D eigenvalue weighted by Gasteiger charge is 2.36. The quantitative estimate of drug-likeness (QED) is 0.808. The lowest BCUT2D eigenvalue weighted by atomic mass is 10.1. The first-order valence-corrected chi connectivity index (χ1v) is 10.1. The third-order valence-electron chi connectivity index (χ3n) is 4.95. The molecule has 2 unspecified atom stereocenters. The molecular weight excluding hydrogens is 378 g/mol. The summed E-state index contributed by atoms with van der Waals surface area (Å²) in [5, 5.41) is 5.57. The molecule has 8 heteroatoms. The second-order valence-electron chi connectivity index (χ2n) is 6.97. The van der Waals surface area contributed by atoms with Gasteiger partial charge in [0.15, 0.2) is 0 Å². The van der Waals surface area contributed by atoms with Crippen molar-refractivity contribution in [2.75, 3.05) is 24.5 Å². The van der Waals surface area contributed by atoms with Crippen LogP contribution in [0.15, 0.2) is 47.8 Å². The molecule has 146 valence electrons. The molecule has 1 aromatic carbocycles. The number of nitrogens with one attached hydrogen (secondary N) is 1. The lowest BCUT2D eigenvalue weighted by Crippen LogP contribution is -2.38. The molecule has 4 rings (SSSR count). The van der Waals surface area contributed by atoms with Crippen molar-refractivity contribution in [1.29, 1.82) is 0 Å². The number of carbonyl (C=O) groups is 3. The minimum absolute atomic E-state index is 0.0137. The van der Waals surface area contributed by atoms with Crippen LogP contribution in [0.4, 0.5) is 9.80 Å². The summed E-state index contributed by atoms with van der Waals surface area (Å²) in [6, 6.07) is 13.5. The largest absolute Gasteiger partial charge is 0.442 e. The molecule has 7 nitrogen and oxygen atoms in total. The number of ether oxygens (including phenoxy) is 1. The van der Waals surface area contributed by atoms with Crippen LogP contribution in [-0.2, 0) is 20.9 Å². The first kappa shape index (κ1) is 18.5. The number of nitrogens with zero attached hydrogens (tertiary/aromatic N) is 2. The molecule has 28 heavy (non-hydrogen) atoms. The van der Waals surface area contributed by atoms with E-state index in [4.69, 9.17) is 4.74 Å². The maximum Gasteiger partial charge on any atom is 0.415 e. The first-order chi connectivity index (χ1) is 13.6. The normalized spacial score (nSPS) is 21.9. The highest BCUT2D eigenvalue weighted by Crippen LogP contribution is 2.26. The van der Waals surface area contributed by atoms with Gasteiger partial charge in [0.05, 0.1) is 19.0 Å². The summed E-state index contributed by atoms with van der Waals surface area (Å²) in [5.41, 5.74) is 1.04. The Morgan fingerprint density at radius 1 is 1.14 bits per heavy atom. The summed E-state index contributed by atoms with van der Waals surface area (Å²) in [4.78, 5) is 40.0. The van der Waals surface area contributed by atoms with Gasteiger partial charge < -0.3 is 15.0 Å². The zero-order valence-corrected chi connectivity index (χ0v) is 16.1. The zero-order valence-electron chi connectivity index (χ0n) is 15.2. The summed E-state index contributed by atoms with van der Waals surface area (Å²) >= 11 is 1.47. The van der Waals surface area contributed by atoms with E-state index in [1.54, 1.807) is 9.80 Å². The van der Waals surface area contributed by atoms with E-state index in [0.29, 0.717) is 19.6 Å². The monoisotopic (exact) mass is 399 g/mol. The average molecular weight is 399 g/mol. The molecule has 2 aliphatic rings. The maximum atomic E-state index is 12.5. The van der Waals surface area contributed by atoms with Crippen LogP contribution in [-0.4, -0.2) is 48.5 Å². The van der Waals surface area contributed by atoms with E-state index in [2.05, 4.69) is 5.32 Å². The van der Waals surface area contributed by atoms with Crippen molar-refractivity contribution in [1.82, 2.24) is 10.2 Å². The van der Waals surface area contributed by atoms with Gasteiger partial charge in [-0.25, -0.2) is 4.79 Å². The number of rotatable bonds is 6. The summed E-state index contributed by atoms with van der Waals surface area (Å²) in [5.74, 6) is -0.559. The molecule has 1 N–H and O–H groups in total. The number of hydrogen-bond donors (Lipinski definition) is 1. The summed E-state index contributed by atoms with van der Waals surface area (Å²) in [7, 11) is 0. The molecule has 0 saturated carbocycles. The molecule has 2 aliphatic heterocycles. The number of amides is 3. The number of cyclic esters (lactones) is 1. The number of likely N-dealkylation sites (tertiary alicyclic amines) is 1. The van der Waals surface area contributed by atoms with Crippen molar-refractivity contribution in [3.05, 3.63) is 53.4 Å². The molecule has 0 spiro atoms. The van der Waals surface area contributed by atoms with Crippen LogP contribution in [0.5, 0.6) is 0 Å².